The highest BCUT2D eigenvalue weighted by Gasteiger charge is 2.19. The fourth-order valence-corrected chi connectivity index (χ4v) is 4.95. The molecule has 4 rings (SSSR count). The fraction of sp³-hybridized carbons (Fsp3) is 0.148. The Hall–Kier alpha value is -3.88. The molecule has 0 fully saturated rings. The van der Waals surface area contributed by atoms with Crippen molar-refractivity contribution in [2.45, 2.75) is 10.8 Å². The minimum absolute atomic E-state index is 0.00790. The van der Waals surface area contributed by atoms with Gasteiger partial charge in [-0.1, -0.05) is 54.6 Å². The van der Waals surface area contributed by atoms with Gasteiger partial charge < -0.3 is 15.0 Å². The Balaban J connectivity index is 1.54. The van der Waals surface area contributed by atoms with Crippen molar-refractivity contribution >= 4 is 32.9 Å². The molecule has 0 spiro atoms. The van der Waals surface area contributed by atoms with Crippen LogP contribution < -0.4 is 14.8 Å². The lowest BCUT2D eigenvalue weighted by Crippen LogP contribution is -2.27. The lowest BCUT2D eigenvalue weighted by molar-refractivity contribution is -0.116. The number of hydrogen-bond donors (Lipinski definition) is 3. The zero-order chi connectivity index (χ0) is 24.8. The number of para-hydroxylation sites is 1. The van der Waals surface area contributed by atoms with E-state index in [9.17, 15) is 13.2 Å². The number of benzene rings is 3. The van der Waals surface area contributed by atoms with E-state index in [0.29, 0.717) is 12.1 Å². The minimum Gasteiger partial charge on any atom is -0.495 e. The van der Waals surface area contributed by atoms with Gasteiger partial charge in [-0.15, -0.1) is 0 Å². The summed E-state index contributed by atoms with van der Waals surface area (Å²) in [5.41, 5.74) is 3.80. The summed E-state index contributed by atoms with van der Waals surface area (Å²) >= 11 is 0. The summed E-state index contributed by atoms with van der Waals surface area (Å²) in [5, 5.41) is 4.10. The quantitative estimate of drug-likeness (QED) is 0.309. The van der Waals surface area contributed by atoms with Crippen molar-refractivity contribution in [1.29, 1.82) is 0 Å². The molecule has 4 aromatic rings. The molecule has 0 aliphatic heterocycles. The van der Waals surface area contributed by atoms with Gasteiger partial charge in [-0.25, -0.2) is 13.1 Å². The predicted molar refractivity (Wildman–Crippen MR) is 138 cm³/mol. The predicted octanol–water partition coefficient (Wildman–Crippen LogP) is 4.05. The Kier molecular flexibility index (Phi) is 7.33. The van der Waals surface area contributed by atoms with Crippen LogP contribution in [0.1, 0.15) is 22.6 Å². The largest absolute Gasteiger partial charge is 0.495 e. The van der Waals surface area contributed by atoms with Crippen LogP contribution in [-0.2, 0) is 14.8 Å². The first kappa shape index (κ1) is 24.3. The summed E-state index contributed by atoms with van der Waals surface area (Å²) in [6.45, 7) is 0.400. The molecular weight excluding hydrogens is 462 g/mol. The summed E-state index contributed by atoms with van der Waals surface area (Å²) in [4.78, 5) is 16.0. The first-order valence-corrected chi connectivity index (χ1v) is 12.6. The van der Waals surface area contributed by atoms with E-state index >= 15 is 0 Å². The van der Waals surface area contributed by atoms with Crippen molar-refractivity contribution in [3.63, 3.8) is 0 Å². The monoisotopic (exact) mass is 489 g/mol. The number of sulfonamides is 1. The highest BCUT2D eigenvalue weighted by atomic mass is 32.2. The summed E-state index contributed by atoms with van der Waals surface area (Å²) in [5.74, 6) is -0.0944. The number of ether oxygens (including phenoxy) is 1. The van der Waals surface area contributed by atoms with Gasteiger partial charge in [0.15, 0.2) is 0 Å². The van der Waals surface area contributed by atoms with E-state index in [4.69, 9.17) is 4.74 Å². The number of methoxy groups -OCH3 is 1. The number of aromatic amines is 1. The molecule has 0 aliphatic carbocycles. The number of aromatic nitrogens is 1. The third-order valence-electron chi connectivity index (χ3n) is 5.85. The minimum atomic E-state index is -3.71. The van der Waals surface area contributed by atoms with Crippen molar-refractivity contribution in [2.24, 2.45) is 0 Å². The molecule has 0 saturated heterocycles. The topological polar surface area (TPSA) is 100 Å². The second-order valence-corrected chi connectivity index (χ2v) is 9.80. The molecule has 1 aromatic heterocycles. The average molecular weight is 490 g/mol. The summed E-state index contributed by atoms with van der Waals surface area (Å²) < 4.78 is 32.0. The molecular formula is C27H27N3O4S. The zero-order valence-electron chi connectivity index (χ0n) is 19.5. The average Bonchev–Trinajstić information content (AvgIpc) is 3.32. The standard InChI is InChI=1S/C27H27N3O4S/c1-28-35(32,33)26-16-19(12-14-25(26)34-2)13-15-27(31)30-17-22(20-8-4-3-5-9-20)23-18-29-24-11-7-6-10-21(23)24/h3-16,18,22,28-29H,17H2,1-2H3,(H,30,31)/b15-13+. The van der Waals surface area contributed by atoms with E-state index in [2.05, 4.69) is 33.2 Å². The van der Waals surface area contributed by atoms with Gasteiger partial charge in [0.2, 0.25) is 15.9 Å². The molecule has 7 nitrogen and oxygen atoms in total. The van der Waals surface area contributed by atoms with Crippen LogP contribution in [0, 0.1) is 0 Å². The molecule has 180 valence electrons. The maximum atomic E-state index is 12.7. The zero-order valence-corrected chi connectivity index (χ0v) is 20.3. The Morgan fingerprint density at radius 1 is 1.06 bits per heavy atom. The lowest BCUT2D eigenvalue weighted by Gasteiger charge is -2.17. The number of carbonyl (C=O) groups is 1. The Labute approximate surface area is 204 Å². The molecule has 3 N–H and O–H groups in total. The summed E-state index contributed by atoms with van der Waals surface area (Å²) in [7, 11) is -0.968. The molecule has 0 bridgehead atoms. The number of H-pyrrole nitrogens is 1. The van der Waals surface area contributed by atoms with Crippen LogP contribution in [0.5, 0.6) is 5.75 Å². The van der Waals surface area contributed by atoms with Gasteiger partial charge in [-0.05, 0) is 48.0 Å². The smallest absolute Gasteiger partial charge is 0.244 e. The maximum Gasteiger partial charge on any atom is 0.244 e. The first-order valence-electron chi connectivity index (χ1n) is 11.1. The number of amides is 1. The number of rotatable bonds is 9. The summed E-state index contributed by atoms with van der Waals surface area (Å²) in [6, 6.07) is 22.8. The Morgan fingerprint density at radius 2 is 1.80 bits per heavy atom. The van der Waals surface area contributed by atoms with Crippen molar-refractivity contribution in [3.8, 4) is 5.75 Å². The van der Waals surface area contributed by atoms with E-state index in [1.54, 1.807) is 18.2 Å². The first-order chi connectivity index (χ1) is 16.9. The van der Waals surface area contributed by atoms with Crippen LogP contribution in [-0.4, -0.2) is 40.0 Å². The molecule has 1 atom stereocenters. The van der Waals surface area contributed by atoms with E-state index < -0.39 is 10.0 Å². The van der Waals surface area contributed by atoms with E-state index in [0.717, 1.165) is 22.0 Å². The van der Waals surface area contributed by atoms with E-state index in [1.165, 1.54) is 26.3 Å². The normalized spacial score (nSPS) is 12.6. The molecule has 1 heterocycles. The highest BCUT2D eigenvalue weighted by molar-refractivity contribution is 7.89. The van der Waals surface area contributed by atoms with Crippen LogP contribution in [0.3, 0.4) is 0 Å². The molecule has 0 saturated carbocycles. The van der Waals surface area contributed by atoms with Gasteiger partial charge in [0.05, 0.1) is 7.11 Å². The molecule has 35 heavy (non-hydrogen) atoms. The van der Waals surface area contributed by atoms with Crippen LogP contribution >= 0.6 is 0 Å². The number of nitrogens with one attached hydrogen (secondary N) is 3. The van der Waals surface area contributed by atoms with Gasteiger partial charge in [0, 0.05) is 35.6 Å². The SMILES string of the molecule is CNS(=O)(=O)c1cc(/C=C/C(=O)NCC(c2ccccc2)c2c[nH]c3ccccc23)ccc1OC. The van der Waals surface area contributed by atoms with Crippen molar-refractivity contribution in [2.75, 3.05) is 20.7 Å². The van der Waals surface area contributed by atoms with Gasteiger partial charge >= 0.3 is 0 Å². The number of fused-ring (bicyclic) bond motifs is 1. The Morgan fingerprint density at radius 3 is 2.54 bits per heavy atom. The highest BCUT2D eigenvalue weighted by Crippen LogP contribution is 2.30. The van der Waals surface area contributed by atoms with Crippen LogP contribution in [0.4, 0.5) is 0 Å². The van der Waals surface area contributed by atoms with Crippen molar-refractivity contribution in [3.05, 3.63) is 102 Å². The molecule has 0 aliphatic rings. The second-order valence-electron chi connectivity index (χ2n) is 7.95. The van der Waals surface area contributed by atoms with Gasteiger partial charge in [-0.3, -0.25) is 4.79 Å². The fourth-order valence-electron chi connectivity index (χ4n) is 4.03. The van der Waals surface area contributed by atoms with E-state index in [1.807, 2.05) is 42.6 Å². The molecule has 8 heteroatoms. The van der Waals surface area contributed by atoms with Crippen LogP contribution in [0.15, 0.2) is 90.0 Å². The van der Waals surface area contributed by atoms with Crippen LogP contribution in [0.2, 0.25) is 0 Å². The van der Waals surface area contributed by atoms with Crippen molar-refractivity contribution in [1.82, 2.24) is 15.0 Å². The summed E-state index contributed by atoms with van der Waals surface area (Å²) in [6.07, 6.45) is 4.97. The third kappa shape index (κ3) is 5.45. The second kappa shape index (κ2) is 10.6. The molecule has 0 radical (unpaired) electrons. The van der Waals surface area contributed by atoms with Crippen molar-refractivity contribution < 1.29 is 17.9 Å². The number of carbonyl (C=O) groups excluding carboxylic acids is 1. The van der Waals surface area contributed by atoms with Gasteiger partial charge in [0.25, 0.3) is 0 Å². The lowest BCUT2D eigenvalue weighted by atomic mass is 9.91. The third-order valence-corrected chi connectivity index (χ3v) is 7.29. The Bertz CT molecular complexity index is 1460. The maximum absolute atomic E-state index is 12.7. The molecule has 1 unspecified atom stereocenters. The van der Waals surface area contributed by atoms with Crippen LogP contribution in [0.25, 0.3) is 17.0 Å². The van der Waals surface area contributed by atoms with Gasteiger partial charge in [0.1, 0.15) is 10.6 Å². The van der Waals surface area contributed by atoms with E-state index in [-0.39, 0.29) is 22.5 Å². The number of hydrogen-bond acceptors (Lipinski definition) is 4. The molecule has 1 amide bonds. The van der Waals surface area contributed by atoms with Gasteiger partial charge in [-0.2, -0.15) is 0 Å². The molecule has 3 aromatic carbocycles.